The van der Waals surface area contributed by atoms with Gasteiger partial charge in [-0.3, -0.25) is 4.79 Å². The quantitative estimate of drug-likeness (QED) is 0.541. The molecule has 0 aromatic carbocycles. The zero-order valence-electron chi connectivity index (χ0n) is 6.76. The van der Waals surface area contributed by atoms with Crippen LogP contribution in [0, 0.1) is 5.92 Å². The van der Waals surface area contributed by atoms with E-state index in [9.17, 15) is 4.79 Å². The fourth-order valence-electron chi connectivity index (χ4n) is 1.50. The summed E-state index contributed by atoms with van der Waals surface area (Å²) in [5.41, 5.74) is 0. The SMILES string of the molecule is CC(=O)[C@@H]1CCCN(C)C1. The molecule has 1 rings (SSSR count). The number of rotatable bonds is 1. The molecule has 0 saturated carbocycles. The van der Waals surface area contributed by atoms with E-state index < -0.39 is 0 Å². The van der Waals surface area contributed by atoms with E-state index in [1.165, 1.54) is 6.42 Å². The lowest BCUT2D eigenvalue weighted by molar-refractivity contribution is -0.122. The lowest BCUT2D eigenvalue weighted by atomic mass is 9.95. The molecule has 0 spiro atoms. The molecule has 0 N–H and O–H groups in total. The maximum absolute atomic E-state index is 10.9. The Morgan fingerprint density at radius 3 is 2.70 bits per heavy atom. The van der Waals surface area contributed by atoms with Crippen molar-refractivity contribution in [2.24, 2.45) is 5.92 Å². The van der Waals surface area contributed by atoms with Crippen molar-refractivity contribution in [3.8, 4) is 0 Å². The molecular weight excluding hydrogens is 126 g/mol. The van der Waals surface area contributed by atoms with Gasteiger partial charge in [-0.1, -0.05) is 0 Å². The molecule has 0 amide bonds. The third-order valence-corrected chi connectivity index (χ3v) is 2.20. The lowest BCUT2D eigenvalue weighted by Gasteiger charge is -2.27. The lowest BCUT2D eigenvalue weighted by Crippen LogP contribution is -2.35. The molecule has 1 saturated heterocycles. The first-order chi connectivity index (χ1) is 4.70. The standard InChI is InChI=1S/C8H15NO/c1-7(10)8-4-3-5-9(2)6-8/h8H,3-6H2,1-2H3/t8-/m1/s1. The van der Waals surface area contributed by atoms with Crippen LogP contribution in [0.3, 0.4) is 0 Å². The minimum atomic E-state index is 0.318. The molecular formula is C8H15NO. The Bertz CT molecular complexity index is 133. The third-order valence-electron chi connectivity index (χ3n) is 2.20. The maximum atomic E-state index is 10.9. The average Bonchev–Trinajstić information content (AvgIpc) is 1.88. The van der Waals surface area contributed by atoms with Crippen molar-refractivity contribution in [2.45, 2.75) is 19.8 Å². The number of piperidine rings is 1. The van der Waals surface area contributed by atoms with Crippen molar-refractivity contribution in [1.29, 1.82) is 0 Å². The molecule has 0 aliphatic carbocycles. The Morgan fingerprint density at radius 1 is 1.60 bits per heavy atom. The van der Waals surface area contributed by atoms with Crippen LogP contribution < -0.4 is 0 Å². The summed E-state index contributed by atoms with van der Waals surface area (Å²) in [5, 5.41) is 0. The molecule has 2 heteroatoms. The Kier molecular flexibility index (Phi) is 2.44. The van der Waals surface area contributed by atoms with E-state index in [0.717, 1.165) is 19.5 Å². The highest BCUT2D eigenvalue weighted by atomic mass is 16.1. The van der Waals surface area contributed by atoms with Gasteiger partial charge in [-0.2, -0.15) is 0 Å². The fourth-order valence-corrected chi connectivity index (χ4v) is 1.50. The highest BCUT2D eigenvalue weighted by Crippen LogP contribution is 2.15. The molecule has 0 aromatic heterocycles. The van der Waals surface area contributed by atoms with Crippen molar-refractivity contribution in [1.82, 2.24) is 4.90 Å². The topological polar surface area (TPSA) is 20.3 Å². The number of hydrogen-bond acceptors (Lipinski definition) is 2. The zero-order chi connectivity index (χ0) is 7.56. The largest absolute Gasteiger partial charge is 0.306 e. The van der Waals surface area contributed by atoms with Crippen LogP contribution in [0.15, 0.2) is 0 Å². The Labute approximate surface area is 62.2 Å². The van der Waals surface area contributed by atoms with Crippen LogP contribution in [0.2, 0.25) is 0 Å². The average molecular weight is 141 g/mol. The van der Waals surface area contributed by atoms with Gasteiger partial charge in [0, 0.05) is 12.5 Å². The predicted molar refractivity (Wildman–Crippen MR) is 40.9 cm³/mol. The summed E-state index contributed by atoms with van der Waals surface area (Å²) < 4.78 is 0. The van der Waals surface area contributed by atoms with Gasteiger partial charge in [-0.25, -0.2) is 0 Å². The summed E-state index contributed by atoms with van der Waals surface area (Å²) in [5.74, 6) is 0.672. The first-order valence-corrected chi connectivity index (χ1v) is 3.89. The van der Waals surface area contributed by atoms with E-state index in [2.05, 4.69) is 11.9 Å². The van der Waals surface area contributed by atoms with Crippen molar-refractivity contribution in [3.05, 3.63) is 0 Å². The number of ketones is 1. The van der Waals surface area contributed by atoms with Crippen LogP contribution in [0.25, 0.3) is 0 Å². The second kappa shape index (κ2) is 3.15. The summed E-state index contributed by atoms with van der Waals surface area (Å²) in [6, 6.07) is 0. The van der Waals surface area contributed by atoms with E-state index in [1.807, 2.05) is 0 Å². The van der Waals surface area contributed by atoms with Crippen LogP contribution in [0.1, 0.15) is 19.8 Å². The molecule has 1 aliphatic heterocycles. The van der Waals surface area contributed by atoms with E-state index in [1.54, 1.807) is 6.92 Å². The van der Waals surface area contributed by atoms with Gasteiger partial charge in [-0.05, 0) is 33.4 Å². The van der Waals surface area contributed by atoms with E-state index in [-0.39, 0.29) is 0 Å². The second-order valence-electron chi connectivity index (χ2n) is 3.21. The number of likely N-dealkylation sites (tertiary alicyclic amines) is 1. The second-order valence-corrected chi connectivity index (χ2v) is 3.21. The third kappa shape index (κ3) is 1.81. The molecule has 1 heterocycles. The van der Waals surface area contributed by atoms with Crippen LogP contribution >= 0.6 is 0 Å². The van der Waals surface area contributed by atoms with Crippen molar-refractivity contribution in [3.63, 3.8) is 0 Å². The van der Waals surface area contributed by atoms with Gasteiger partial charge in [-0.15, -0.1) is 0 Å². The van der Waals surface area contributed by atoms with Gasteiger partial charge in [0.05, 0.1) is 0 Å². The molecule has 58 valence electrons. The summed E-state index contributed by atoms with van der Waals surface area (Å²) >= 11 is 0. The summed E-state index contributed by atoms with van der Waals surface area (Å²) in [4.78, 5) is 13.1. The zero-order valence-corrected chi connectivity index (χ0v) is 6.76. The first-order valence-electron chi connectivity index (χ1n) is 3.89. The van der Waals surface area contributed by atoms with Crippen molar-refractivity contribution in [2.75, 3.05) is 20.1 Å². The number of carbonyl (C=O) groups excluding carboxylic acids is 1. The van der Waals surface area contributed by atoms with E-state index in [0.29, 0.717) is 11.7 Å². The Morgan fingerprint density at radius 2 is 2.30 bits per heavy atom. The van der Waals surface area contributed by atoms with Crippen LogP contribution in [0.4, 0.5) is 0 Å². The van der Waals surface area contributed by atoms with Crippen LogP contribution in [-0.2, 0) is 4.79 Å². The molecule has 0 aromatic rings. The van der Waals surface area contributed by atoms with Crippen molar-refractivity contribution < 1.29 is 4.79 Å². The molecule has 1 aliphatic rings. The number of Topliss-reactive ketones (excluding diaryl/α,β-unsaturated/α-hetero) is 1. The molecule has 0 radical (unpaired) electrons. The van der Waals surface area contributed by atoms with Gasteiger partial charge < -0.3 is 4.90 Å². The molecule has 0 bridgehead atoms. The van der Waals surface area contributed by atoms with E-state index >= 15 is 0 Å². The normalized spacial score (nSPS) is 28.4. The van der Waals surface area contributed by atoms with Crippen molar-refractivity contribution >= 4 is 5.78 Å². The highest BCUT2D eigenvalue weighted by Gasteiger charge is 2.20. The number of carbonyl (C=O) groups is 1. The van der Waals surface area contributed by atoms with Gasteiger partial charge in [0.2, 0.25) is 0 Å². The number of hydrogen-bond donors (Lipinski definition) is 0. The Hall–Kier alpha value is -0.370. The predicted octanol–water partition coefficient (Wildman–Crippen LogP) is 0.917. The molecule has 0 unspecified atom stereocenters. The van der Waals surface area contributed by atoms with Crippen LogP contribution in [-0.4, -0.2) is 30.8 Å². The monoisotopic (exact) mass is 141 g/mol. The van der Waals surface area contributed by atoms with Gasteiger partial charge >= 0.3 is 0 Å². The summed E-state index contributed by atoms with van der Waals surface area (Å²) in [6.45, 7) is 3.82. The molecule has 1 atom stereocenters. The molecule has 10 heavy (non-hydrogen) atoms. The summed E-state index contributed by atoms with van der Waals surface area (Å²) in [6.07, 6.45) is 2.28. The fraction of sp³-hybridized carbons (Fsp3) is 0.875. The van der Waals surface area contributed by atoms with Gasteiger partial charge in [0.15, 0.2) is 0 Å². The minimum absolute atomic E-state index is 0.318. The molecule has 2 nitrogen and oxygen atoms in total. The smallest absolute Gasteiger partial charge is 0.134 e. The Balaban J connectivity index is 2.39. The first kappa shape index (κ1) is 7.73. The maximum Gasteiger partial charge on any atom is 0.134 e. The van der Waals surface area contributed by atoms with Gasteiger partial charge in [0.25, 0.3) is 0 Å². The van der Waals surface area contributed by atoms with Gasteiger partial charge in [0.1, 0.15) is 5.78 Å². The highest BCUT2D eigenvalue weighted by molar-refractivity contribution is 5.78. The van der Waals surface area contributed by atoms with E-state index in [4.69, 9.17) is 0 Å². The van der Waals surface area contributed by atoms with Crippen LogP contribution in [0.5, 0.6) is 0 Å². The summed E-state index contributed by atoms with van der Waals surface area (Å²) in [7, 11) is 2.08. The molecule has 1 fully saturated rings. The number of nitrogens with zero attached hydrogens (tertiary/aromatic N) is 1. The minimum Gasteiger partial charge on any atom is -0.306 e.